The minimum atomic E-state index is -0.713. The quantitative estimate of drug-likeness (QED) is 0.303. The maximum atomic E-state index is 13.9. The summed E-state index contributed by atoms with van der Waals surface area (Å²) >= 11 is 0. The van der Waals surface area contributed by atoms with Gasteiger partial charge in [0.05, 0.1) is 24.5 Å². The second-order valence-corrected chi connectivity index (χ2v) is 18.4. The molecule has 2 aromatic rings. The number of hydrogen-bond donors (Lipinski definition) is 2. The van der Waals surface area contributed by atoms with E-state index in [-0.39, 0.29) is 47.3 Å². The number of likely N-dealkylation sites (tertiary alicyclic amines) is 2. The first-order chi connectivity index (χ1) is 26.8. The molecule has 0 aliphatic carbocycles. The molecule has 4 amide bonds. The van der Waals surface area contributed by atoms with Gasteiger partial charge in [0.15, 0.2) is 0 Å². The summed E-state index contributed by atoms with van der Waals surface area (Å²) in [4.78, 5) is 45.4. The number of carbonyl (C=O) groups excluding carboxylic acids is 2. The number of carbonyl (C=O) groups is 2. The minimum Gasteiger partial charge on any atom is -0.325 e. The Labute approximate surface area is 339 Å². The van der Waals surface area contributed by atoms with Crippen LogP contribution in [-0.4, -0.2) is 92.9 Å². The van der Waals surface area contributed by atoms with Crippen molar-refractivity contribution in [3.05, 3.63) is 59.7 Å². The first kappa shape index (κ1) is 41.1. The highest BCUT2D eigenvalue weighted by molar-refractivity contribution is 6.26. The molecule has 2 N–H and O–H groups in total. The smallest absolute Gasteiger partial charge is 0.325 e. The first-order valence-corrected chi connectivity index (χ1v) is 19.6. The maximum Gasteiger partial charge on any atom is 0.328 e. The standard InChI is InChI=1S/C47H56N8O2/c1-13-25-48-38-46(30-42(5,6)52(27-15-3)43(7,8)31-46)50-40(56)54(38)36-21-17-34(18-22-36)29-35-19-23-37(24-20-35)55-39(49-26-14-2)47(51-41(55)57)32-44(9,10)53(28-16-4)45(11,12)33-47/h1-4,17-24H,25-33H2,5-12H3,(H,50,56)(H,51,57). The second kappa shape index (κ2) is 14.8. The Hall–Kier alpha value is -5.52. The number of urea groups is 2. The molecule has 10 heteroatoms. The number of hydrogen-bond acceptors (Lipinski definition) is 6. The summed E-state index contributed by atoms with van der Waals surface area (Å²) in [6.07, 6.45) is 26.1. The van der Waals surface area contributed by atoms with Crippen molar-refractivity contribution in [3.8, 4) is 49.4 Å². The summed E-state index contributed by atoms with van der Waals surface area (Å²) in [6.45, 7) is 18.6. The van der Waals surface area contributed by atoms with E-state index in [1.165, 1.54) is 0 Å². The zero-order valence-corrected chi connectivity index (χ0v) is 34.8. The van der Waals surface area contributed by atoms with Crippen molar-refractivity contribution in [1.82, 2.24) is 20.4 Å². The monoisotopic (exact) mass is 764 g/mol. The molecule has 2 aromatic carbocycles. The summed E-state index contributed by atoms with van der Waals surface area (Å²) in [6, 6.07) is 15.5. The number of piperidine rings is 2. The number of aliphatic imine (C=N–C) groups is 2. The third-order valence-corrected chi connectivity index (χ3v) is 12.2. The number of benzene rings is 2. The van der Waals surface area contributed by atoms with Gasteiger partial charge in [0.2, 0.25) is 0 Å². The Morgan fingerprint density at radius 3 is 1.14 bits per heavy atom. The Balaban J connectivity index is 1.23. The van der Waals surface area contributed by atoms with Gasteiger partial charge in [-0.25, -0.2) is 19.4 Å². The molecule has 4 saturated heterocycles. The number of rotatable bonds is 8. The summed E-state index contributed by atoms with van der Waals surface area (Å²) in [5.41, 5.74) is 0.835. The van der Waals surface area contributed by atoms with Crippen molar-refractivity contribution in [2.75, 3.05) is 36.0 Å². The van der Waals surface area contributed by atoms with E-state index in [2.05, 4.69) is 99.5 Å². The lowest BCUT2D eigenvalue weighted by Gasteiger charge is -2.57. The molecule has 57 heavy (non-hydrogen) atoms. The summed E-state index contributed by atoms with van der Waals surface area (Å²) in [7, 11) is 0. The molecule has 0 bridgehead atoms. The van der Waals surface area contributed by atoms with Crippen LogP contribution in [0, 0.1) is 49.4 Å². The van der Waals surface area contributed by atoms with E-state index in [9.17, 15) is 9.59 Å². The number of amides is 4. The van der Waals surface area contributed by atoms with Crippen LogP contribution in [0.3, 0.4) is 0 Å². The van der Waals surface area contributed by atoms with Crippen molar-refractivity contribution >= 4 is 35.1 Å². The number of amidine groups is 2. The third-order valence-electron chi connectivity index (χ3n) is 12.2. The molecule has 0 radical (unpaired) electrons. The van der Waals surface area contributed by atoms with Crippen molar-refractivity contribution in [1.29, 1.82) is 0 Å². The van der Waals surface area contributed by atoms with E-state index >= 15 is 0 Å². The number of anilines is 2. The highest BCUT2D eigenvalue weighted by atomic mass is 16.2. The van der Waals surface area contributed by atoms with Gasteiger partial charge in [-0.2, -0.15) is 0 Å². The first-order valence-electron chi connectivity index (χ1n) is 19.6. The fourth-order valence-electron chi connectivity index (χ4n) is 10.8. The number of nitrogens with one attached hydrogen (secondary N) is 2. The molecule has 4 fully saturated rings. The molecule has 0 saturated carbocycles. The summed E-state index contributed by atoms with van der Waals surface area (Å²) < 4.78 is 0. The van der Waals surface area contributed by atoms with E-state index < -0.39 is 11.1 Å². The largest absolute Gasteiger partial charge is 0.328 e. The van der Waals surface area contributed by atoms with Crippen LogP contribution < -0.4 is 20.4 Å². The van der Waals surface area contributed by atoms with Gasteiger partial charge in [-0.3, -0.25) is 19.8 Å². The molecule has 2 spiro atoms. The van der Waals surface area contributed by atoms with Crippen LogP contribution in [0.25, 0.3) is 0 Å². The average Bonchev–Trinajstić information content (AvgIpc) is 3.52. The van der Waals surface area contributed by atoms with Crippen LogP contribution in [0.2, 0.25) is 0 Å². The Kier molecular flexibility index (Phi) is 10.7. The van der Waals surface area contributed by atoms with Gasteiger partial charge in [0, 0.05) is 22.2 Å². The minimum absolute atomic E-state index is 0.157. The topological polar surface area (TPSA) is 95.9 Å². The summed E-state index contributed by atoms with van der Waals surface area (Å²) in [5.74, 6) is 12.2. The molecule has 0 atom stereocenters. The molecule has 6 rings (SSSR count). The predicted octanol–water partition coefficient (Wildman–Crippen LogP) is 6.45. The Bertz CT molecular complexity index is 1960. The second-order valence-electron chi connectivity index (χ2n) is 18.4. The Morgan fingerprint density at radius 2 is 0.860 bits per heavy atom. The van der Waals surface area contributed by atoms with Crippen LogP contribution in [0.4, 0.5) is 21.0 Å². The van der Waals surface area contributed by atoms with Gasteiger partial charge in [-0.1, -0.05) is 47.9 Å². The van der Waals surface area contributed by atoms with Gasteiger partial charge in [-0.15, -0.1) is 25.7 Å². The fourth-order valence-corrected chi connectivity index (χ4v) is 10.8. The van der Waals surface area contributed by atoms with Gasteiger partial charge in [-0.05, 0) is 123 Å². The van der Waals surface area contributed by atoms with Crippen LogP contribution in [0.15, 0.2) is 58.5 Å². The van der Waals surface area contributed by atoms with Crippen LogP contribution in [0.5, 0.6) is 0 Å². The normalized spacial score (nSPS) is 24.1. The van der Waals surface area contributed by atoms with Crippen molar-refractivity contribution < 1.29 is 9.59 Å². The molecule has 296 valence electrons. The third kappa shape index (κ3) is 7.42. The molecule has 4 aliphatic rings. The van der Waals surface area contributed by atoms with Crippen LogP contribution in [-0.2, 0) is 6.42 Å². The molecule has 4 heterocycles. The van der Waals surface area contributed by atoms with E-state index in [4.69, 9.17) is 35.7 Å². The maximum absolute atomic E-state index is 13.9. The van der Waals surface area contributed by atoms with Crippen molar-refractivity contribution in [2.24, 2.45) is 9.98 Å². The van der Waals surface area contributed by atoms with Crippen molar-refractivity contribution in [3.63, 3.8) is 0 Å². The molecule has 4 aliphatic heterocycles. The highest BCUT2D eigenvalue weighted by Gasteiger charge is 2.61. The van der Waals surface area contributed by atoms with Gasteiger partial charge in [0.1, 0.15) is 35.8 Å². The predicted molar refractivity (Wildman–Crippen MR) is 231 cm³/mol. The van der Waals surface area contributed by atoms with Crippen LogP contribution in [0.1, 0.15) is 92.2 Å². The lowest BCUT2D eigenvalue weighted by Crippen LogP contribution is -2.69. The van der Waals surface area contributed by atoms with E-state index in [0.717, 1.165) is 11.1 Å². The zero-order valence-electron chi connectivity index (χ0n) is 34.8. The molecule has 0 aromatic heterocycles. The van der Waals surface area contributed by atoms with Gasteiger partial charge in [0.25, 0.3) is 0 Å². The van der Waals surface area contributed by atoms with Gasteiger partial charge >= 0.3 is 12.1 Å². The summed E-state index contributed by atoms with van der Waals surface area (Å²) in [5, 5.41) is 6.67. The fraction of sp³-hybridized carbons (Fsp3) is 0.489. The molecular formula is C47H56N8O2. The van der Waals surface area contributed by atoms with Crippen molar-refractivity contribution in [2.45, 2.75) is 121 Å². The van der Waals surface area contributed by atoms with E-state index in [1.807, 2.05) is 48.5 Å². The van der Waals surface area contributed by atoms with Gasteiger partial charge < -0.3 is 10.6 Å². The number of terminal acetylenes is 4. The SMILES string of the molecule is C#CCN=C1N(c2ccc(Cc3ccc(N4C(=O)NC5(CC(C)(C)N(CC#C)C(C)(C)C5)C4=NCC#C)cc3)cc2)C(=O)NC12CC(C)(C)N(CC#C)C(C)(C)C2. The molecule has 0 unspecified atom stereocenters. The zero-order chi connectivity index (χ0) is 41.6. The van der Waals surface area contributed by atoms with E-state index in [1.54, 1.807) is 9.80 Å². The lowest BCUT2D eigenvalue weighted by atomic mass is 9.68. The average molecular weight is 765 g/mol. The molecule has 10 nitrogen and oxygen atoms in total. The Morgan fingerprint density at radius 1 is 0.544 bits per heavy atom. The van der Waals surface area contributed by atoms with Crippen LogP contribution >= 0.6 is 0 Å². The number of nitrogens with zero attached hydrogens (tertiary/aromatic N) is 6. The van der Waals surface area contributed by atoms with E-state index in [0.29, 0.717) is 68.2 Å². The lowest BCUT2D eigenvalue weighted by molar-refractivity contribution is -0.0390. The molecular weight excluding hydrogens is 709 g/mol. The highest BCUT2D eigenvalue weighted by Crippen LogP contribution is 2.48.